The number of Topliss-reactive ketones (excluding diaryl/α,β-unsaturated/α-hetero) is 1. The summed E-state index contributed by atoms with van der Waals surface area (Å²) < 4.78 is 27.5. The number of nitrogens with zero attached hydrogens (tertiary/aromatic N) is 4. The molecule has 1 aromatic heterocycles. The smallest absolute Gasteiger partial charge is 0.243 e. The number of piperazine rings is 1. The average Bonchev–Trinajstić information content (AvgIpc) is 2.73. The predicted molar refractivity (Wildman–Crippen MR) is 118 cm³/mol. The molecule has 1 aliphatic rings. The fourth-order valence-electron chi connectivity index (χ4n) is 3.36. The van der Waals surface area contributed by atoms with E-state index >= 15 is 0 Å². The molecule has 0 saturated carbocycles. The molecule has 0 bridgehead atoms. The molecule has 0 amide bonds. The normalized spacial score (nSPS) is 15.8. The number of carbonyl (C=O) groups is 1. The SMILES string of the molecule is CC(=O)c1ccc(S(=O)(=O)N2CCN(c3cc(C(C)C)nc(C(C)C)n3)CC2)cc1. The molecule has 0 N–H and O–H groups in total. The first-order valence-corrected chi connectivity index (χ1v) is 11.8. The Morgan fingerprint density at radius 1 is 0.933 bits per heavy atom. The fourth-order valence-corrected chi connectivity index (χ4v) is 4.78. The first-order chi connectivity index (χ1) is 14.1. The molecule has 0 spiro atoms. The van der Waals surface area contributed by atoms with Crippen molar-refractivity contribution >= 4 is 21.6 Å². The van der Waals surface area contributed by atoms with Crippen molar-refractivity contribution in [3.63, 3.8) is 0 Å². The van der Waals surface area contributed by atoms with Gasteiger partial charge in [0.25, 0.3) is 0 Å². The van der Waals surface area contributed by atoms with Gasteiger partial charge >= 0.3 is 0 Å². The fraction of sp³-hybridized carbons (Fsp3) is 0.500. The minimum atomic E-state index is -3.59. The number of carbonyl (C=O) groups excluding carboxylic acids is 1. The first-order valence-electron chi connectivity index (χ1n) is 10.3. The van der Waals surface area contributed by atoms with E-state index in [1.54, 1.807) is 12.1 Å². The van der Waals surface area contributed by atoms with Gasteiger partial charge < -0.3 is 4.90 Å². The van der Waals surface area contributed by atoms with Crippen LogP contribution in [0.2, 0.25) is 0 Å². The second-order valence-corrected chi connectivity index (χ2v) is 10.2. The van der Waals surface area contributed by atoms with E-state index in [4.69, 9.17) is 4.98 Å². The van der Waals surface area contributed by atoms with Crippen LogP contribution in [0.4, 0.5) is 5.82 Å². The number of rotatable bonds is 6. The van der Waals surface area contributed by atoms with E-state index in [0.717, 1.165) is 17.3 Å². The topological polar surface area (TPSA) is 83.5 Å². The number of sulfonamides is 1. The number of benzene rings is 1. The van der Waals surface area contributed by atoms with E-state index in [1.807, 2.05) is 6.07 Å². The van der Waals surface area contributed by atoms with Crippen molar-refractivity contribution in [3.8, 4) is 0 Å². The van der Waals surface area contributed by atoms with Crippen molar-refractivity contribution in [3.05, 3.63) is 47.4 Å². The van der Waals surface area contributed by atoms with Crippen LogP contribution in [0.1, 0.15) is 68.3 Å². The second kappa shape index (κ2) is 8.81. The Bertz CT molecular complexity index is 983. The molecule has 3 rings (SSSR count). The summed E-state index contributed by atoms with van der Waals surface area (Å²) in [6, 6.07) is 8.15. The molecule has 1 fully saturated rings. The molecule has 2 aromatic rings. The lowest BCUT2D eigenvalue weighted by Gasteiger charge is -2.35. The number of hydrogen-bond acceptors (Lipinski definition) is 6. The van der Waals surface area contributed by atoms with Crippen LogP contribution in [-0.4, -0.2) is 54.7 Å². The van der Waals surface area contributed by atoms with Gasteiger partial charge in [0.05, 0.1) is 4.90 Å². The number of hydrogen-bond donors (Lipinski definition) is 0. The summed E-state index contributed by atoms with van der Waals surface area (Å²) in [5, 5.41) is 0. The highest BCUT2D eigenvalue weighted by Crippen LogP contribution is 2.24. The predicted octanol–water partition coefficient (Wildman–Crippen LogP) is 3.44. The van der Waals surface area contributed by atoms with E-state index in [2.05, 4.69) is 37.6 Å². The number of anilines is 1. The van der Waals surface area contributed by atoms with Crippen molar-refractivity contribution in [2.24, 2.45) is 0 Å². The van der Waals surface area contributed by atoms with Gasteiger partial charge in [-0.2, -0.15) is 4.31 Å². The van der Waals surface area contributed by atoms with Crippen LogP contribution in [0.5, 0.6) is 0 Å². The lowest BCUT2D eigenvalue weighted by Crippen LogP contribution is -2.49. The maximum Gasteiger partial charge on any atom is 0.243 e. The monoisotopic (exact) mass is 430 g/mol. The summed E-state index contributed by atoms with van der Waals surface area (Å²) in [4.78, 5) is 23.2. The summed E-state index contributed by atoms with van der Waals surface area (Å²) in [6.07, 6.45) is 0. The molecule has 2 heterocycles. The molecule has 0 atom stereocenters. The van der Waals surface area contributed by atoms with Gasteiger partial charge in [-0.05, 0) is 25.0 Å². The van der Waals surface area contributed by atoms with Crippen molar-refractivity contribution in [1.29, 1.82) is 0 Å². The van der Waals surface area contributed by atoms with E-state index in [1.165, 1.54) is 23.4 Å². The lowest BCUT2D eigenvalue weighted by atomic mass is 10.1. The van der Waals surface area contributed by atoms with Crippen LogP contribution in [0.3, 0.4) is 0 Å². The molecule has 162 valence electrons. The quantitative estimate of drug-likeness (QED) is 0.653. The second-order valence-electron chi connectivity index (χ2n) is 8.29. The van der Waals surface area contributed by atoms with Gasteiger partial charge in [-0.25, -0.2) is 18.4 Å². The highest BCUT2D eigenvalue weighted by Gasteiger charge is 2.29. The summed E-state index contributed by atoms with van der Waals surface area (Å²) in [6.45, 7) is 11.7. The summed E-state index contributed by atoms with van der Waals surface area (Å²) >= 11 is 0. The van der Waals surface area contributed by atoms with Gasteiger partial charge in [0.15, 0.2) is 5.78 Å². The molecule has 7 nitrogen and oxygen atoms in total. The van der Waals surface area contributed by atoms with Crippen molar-refractivity contribution in [1.82, 2.24) is 14.3 Å². The Morgan fingerprint density at radius 3 is 2.03 bits per heavy atom. The number of ketones is 1. The Hall–Kier alpha value is -2.32. The third-order valence-corrected chi connectivity index (χ3v) is 7.23. The molecular formula is C22H30N4O3S. The van der Waals surface area contributed by atoms with Gasteiger partial charge in [0.1, 0.15) is 11.6 Å². The highest BCUT2D eigenvalue weighted by atomic mass is 32.2. The maximum absolute atomic E-state index is 13.0. The minimum Gasteiger partial charge on any atom is -0.354 e. The van der Waals surface area contributed by atoms with E-state index in [-0.39, 0.29) is 16.6 Å². The highest BCUT2D eigenvalue weighted by molar-refractivity contribution is 7.89. The molecule has 0 aliphatic carbocycles. The molecule has 0 radical (unpaired) electrons. The standard InChI is InChI=1S/C22H30N4O3S/c1-15(2)20-14-21(24-22(23-20)16(3)4)25-10-12-26(13-11-25)30(28,29)19-8-6-18(7-9-19)17(5)27/h6-9,14-16H,10-13H2,1-5H3. The Kier molecular flexibility index (Phi) is 6.57. The Balaban J connectivity index is 1.76. The van der Waals surface area contributed by atoms with Gasteiger partial charge in [0.2, 0.25) is 10.0 Å². The minimum absolute atomic E-state index is 0.0843. The van der Waals surface area contributed by atoms with Crippen molar-refractivity contribution in [2.45, 2.75) is 51.3 Å². The Morgan fingerprint density at radius 2 is 1.53 bits per heavy atom. The van der Waals surface area contributed by atoms with E-state index in [0.29, 0.717) is 37.7 Å². The van der Waals surface area contributed by atoms with Gasteiger partial charge in [-0.15, -0.1) is 0 Å². The van der Waals surface area contributed by atoms with Crippen LogP contribution in [0.15, 0.2) is 35.2 Å². The largest absolute Gasteiger partial charge is 0.354 e. The van der Waals surface area contributed by atoms with E-state index < -0.39 is 10.0 Å². The first kappa shape index (κ1) is 22.4. The zero-order valence-corrected chi connectivity index (χ0v) is 19.1. The maximum atomic E-state index is 13.0. The zero-order valence-electron chi connectivity index (χ0n) is 18.3. The molecule has 8 heteroatoms. The lowest BCUT2D eigenvalue weighted by molar-refractivity contribution is 0.101. The summed E-state index contributed by atoms with van der Waals surface area (Å²) in [5.74, 6) is 2.11. The molecule has 1 aromatic carbocycles. The van der Waals surface area contributed by atoms with E-state index in [9.17, 15) is 13.2 Å². The third kappa shape index (κ3) is 4.70. The molecular weight excluding hydrogens is 400 g/mol. The van der Waals surface area contributed by atoms with Crippen LogP contribution in [0, 0.1) is 0 Å². The van der Waals surface area contributed by atoms with Crippen molar-refractivity contribution < 1.29 is 13.2 Å². The molecule has 1 saturated heterocycles. The summed E-state index contributed by atoms with van der Waals surface area (Å²) in [7, 11) is -3.59. The van der Waals surface area contributed by atoms with Crippen molar-refractivity contribution in [2.75, 3.05) is 31.1 Å². The average molecular weight is 431 g/mol. The molecule has 1 aliphatic heterocycles. The third-order valence-electron chi connectivity index (χ3n) is 5.32. The molecule has 30 heavy (non-hydrogen) atoms. The number of aromatic nitrogens is 2. The zero-order chi connectivity index (χ0) is 22.1. The van der Waals surface area contributed by atoms with Gasteiger partial charge in [-0.3, -0.25) is 4.79 Å². The van der Waals surface area contributed by atoms with Crippen LogP contribution in [0.25, 0.3) is 0 Å². The van der Waals surface area contributed by atoms with Gasteiger partial charge in [0, 0.05) is 49.4 Å². The Labute approximate surface area is 179 Å². The summed E-state index contributed by atoms with van der Waals surface area (Å²) in [5.41, 5.74) is 1.51. The van der Waals surface area contributed by atoms with Crippen LogP contribution >= 0.6 is 0 Å². The van der Waals surface area contributed by atoms with Gasteiger partial charge in [-0.1, -0.05) is 39.8 Å². The van der Waals surface area contributed by atoms with Crippen LogP contribution in [-0.2, 0) is 10.0 Å². The molecule has 0 unspecified atom stereocenters. The van der Waals surface area contributed by atoms with Crippen LogP contribution < -0.4 is 4.90 Å².